The summed E-state index contributed by atoms with van der Waals surface area (Å²) in [6.07, 6.45) is 4.99. The van der Waals surface area contributed by atoms with Crippen LogP contribution in [0.1, 0.15) is 69.7 Å². The Morgan fingerprint density at radius 2 is 2.05 bits per heavy atom. The number of halogens is 2. The fraction of sp³-hybridized carbons (Fsp3) is 0.750. The Labute approximate surface area is 130 Å². The number of nitrogens with one attached hydrogen (secondary N) is 2. The van der Waals surface area contributed by atoms with Gasteiger partial charge >= 0.3 is 0 Å². The number of aryl methyl sites for hydroxylation is 1. The number of anilines is 1. The summed E-state index contributed by atoms with van der Waals surface area (Å²) in [6.45, 7) is 3.61. The molecule has 6 heteroatoms. The number of carbonyl (C=O) groups is 1. The van der Waals surface area contributed by atoms with Crippen molar-refractivity contribution in [2.45, 2.75) is 65.2 Å². The fourth-order valence-electron chi connectivity index (χ4n) is 3.27. The van der Waals surface area contributed by atoms with Crippen LogP contribution >= 0.6 is 0 Å². The molecule has 0 saturated heterocycles. The monoisotopic (exact) mass is 313 g/mol. The highest BCUT2D eigenvalue weighted by atomic mass is 19.3. The molecular formula is C16H25F2N3O. The van der Waals surface area contributed by atoms with E-state index >= 15 is 0 Å². The molecule has 1 heterocycles. The number of H-pyrrole nitrogens is 1. The largest absolute Gasteiger partial charge is 0.323 e. The Kier molecular flexibility index (Phi) is 5.91. The zero-order valence-corrected chi connectivity index (χ0v) is 13.3. The van der Waals surface area contributed by atoms with E-state index in [1.165, 1.54) is 32.1 Å². The topological polar surface area (TPSA) is 57.8 Å². The SMILES string of the molecule is CCC(CC1CCCCC1)C(=O)Nc1c(C(F)F)n[nH]c1C. The summed E-state index contributed by atoms with van der Waals surface area (Å²) in [5, 5.41) is 8.77. The summed E-state index contributed by atoms with van der Waals surface area (Å²) in [5.41, 5.74) is 0.233. The molecule has 2 rings (SSSR count). The molecule has 0 spiro atoms. The van der Waals surface area contributed by atoms with Gasteiger partial charge in [-0.15, -0.1) is 0 Å². The number of hydrogen-bond donors (Lipinski definition) is 2. The maximum Gasteiger partial charge on any atom is 0.284 e. The Hall–Kier alpha value is -1.46. The third-order valence-corrected chi connectivity index (χ3v) is 4.64. The van der Waals surface area contributed by atoms with E-state index in [4.69, 9.17) is 0 Å². The number of amides is 1. The molecule has 2 N–H and O–H groups in total. The second-order valence-corrected chi connectivity index (χ2v) is 6.24. The van der Waals surface area contributed by atoms with Crippen LogP contribution in [0.4, 0.5) is 14.5 Å². The van der Waals surface area contributed by atoms with Crippen molar-refractivity contribution >= 4 is 11.6 Å². The van der Waals surface area contributed by atoms with Gasteiger partial charge in [-0.1, -0.05) is 39.0 Å². The van der Waals surface area contributed by atoms with Crippen LogP contribution in [0.2, 0.25) is 0 Å². The Balaban J connectivity index is 2.01. The smallest absolute Gasteiger partial charge is 0.284 e. The Bertz CT molecular complexity index is 496. The van der Waals surface area contributed by atoms with Crippen LogP contribution < -0.4 is 5.32 Å². The lowest BCUT2D eigenvalue weighted by molar-refractivity contribution is -0.120. The molecule has 0 aliphatic heterocycles. The van der Waals surface area contributed by atoms with Crippen molar-refractivity contribution in [1.82, 2.24) is 10.2 Å². The standard InChI is InChI=1S/C16H25F2N3O/c1-3-12(9-11-7-5-4-6-8-11)16(22)19-13-10(2)20-21-14(13)15(17)18/h11-12,15H,3-9H2,1-2H3,(H,19,22)(H,20,21). The first kappa shape index (κ1) is 16.9. The minimum Gasteiger partial charge on any atom is -0.323 e. The summed E-state index contributed by atoms with van der Waals surface area (Å²) in [7, 11) is 0. The number of hydrogen-bond acceptors (Lipinski definition) is 2. The molecule has 0 bridgehead atoms. The molecule has 1 aliphatic carbocycles. The molecular weight excluding hydrogens is 288 g/mol. The normalized spacial score (nSPS) is 17.7. The Morgan fingerprint density at radius 1 is 1.36 bits per heavy atom. The summed E-state index contributed by atoms with van der Waals surface area (Å²) in [5.74, 6) is 0.298. The van der Waals surface area contributed by atoms with Gasteiger partial charge in [0.2, 0.25) is 5.91 Å². The van der Waals surface area contributed by atoms with Crippen LogP contribution in [0.3, 0.4) is 0 Å². The van der Waals surface area contributed by atoms with Crippen LogP contribution in [0.5, 0.6) is 0 Å². The van der Waals surface area contributed by atoms with Gasteiger partial charge in [0, 0.05) is 5.92 Å². The van der Waals surface area contributed by atoms with E-state index < -0.39 is 6.43 Å². The average molecular weight is 313 g/mol. The number of aromatic nitrogens is 2. The zero-order valence-electron chi connectivity index (χ0n) is 13.3. The third-order valence-electron chi connectivity index (χ3n) is 4.64. The summed E-state index contributed by atoms with van der Waals surface area (Å²) >= 11 is 0. The number of alkyl halides is 2. The second-order valence-electron chi connectivity index (χ2n) is 6.24. The lowest BCUT2D eigenvalue weighted by Crippen LogP contribution is -2.26. The molecule has 1 aliphatic rings. The van der Waals surface area contributed by atoms with Gasteiger partial charge in [0.25, 0.3) is 6.43 Å². The summed E-state index contributed by atoms with van der Waals surface area (Å²) in [4.78, 5) is 12.4. The van der Waals surface area contributed by atoms with Crippen molar-refractivity contribution in [3.05, 3.63) is 11.4 Å². The highest BCUT2D eigenvalue weighted by molar-refractivity contribution is 5.93. The van der Waals surface area contributed by atoms with Crippen LogP contribution in [0.15, 0.2) is 0 Å². The van der Waals surface area contributed by atoms with Crippen LogP contribution in [0.25, 0.3) is 0 Å². The molecule has 1 saturated carbocycles. The first-order valence-corrected chi connectivity index (χ1v) is 8.16. The second kappa shape index (κ2) is 7.70. The quantitative estimate of drug-likeness (QED) is 0.807. The number of aromatic amines is 1. The molecule has 124 valence electrons. The maximum absolute atomic E-state index is 12.9. The first-order valence-electron chi connectivity index (χ1n) is 8.16. The van der Waals surface area contributed by atoms with Gasteiger partial charge in [0.1, 0.15) is 0 Å². The van der Waals surface area contributed by atoms with Gasteiger partial charge in [0.05, 0.1) is 11.4 Å². The number of carbonyl (C=O) groups excluding carboxylic acids is 1. The molecule has 1 amide bonds. The highest BCUT2D eigenvalue weighted by Crippen LogP contribution is 2.32. The molecule has 1 fully saturated rings. The fourth-order valence-corrected chi connectivity index (χ4v) is 3.27. The van der Waals surface area contributed by atoms with Crippen molar-refractivity contribution in [3.8, 4) is 0 Å². The van der Waals surface area contributed by atoms with Crippen molar-refractivity contribution in [1.29, 1.82) is 0 Å². The van der Waals surface area contributed by atoms with Crippen LogP contribution in [-0.2, 0) is 4.79 Å². The van der Waals surface area contributed by atoms with Gasteiger partial charge in [-0.05, 0) is 25.7 Å². The number of rotatable bonds is 6. The summed E-state index contributed by atoms with van der Waals surface area (Å²) in [6, 6.07) is 0. The molecule has 22 heavy (non-hydrogen) atoms. The average Bonchev–Trinajstić information content (AvgIpc) is 2.87. The van der Waals surface area contributed by atoms with E-state index in [0.717, 1.165) is 12.8 Å². The van der Waals surface area contributed by atoms with Crippen molar-refractivity contribution in [2.75, 3.05) is 5.32 Å². The van der Waals surface area contributed by atoms with Crippen molar-refractivity contribution in [2.24, 2.45) is 11.8 Å². The van der Waals surface area contributed by atoms with E-state index in [2.05, 4.69) is 15.5 Å². The van der Waals surface area contributed by atoms with E-state index in [9.17, 15) is 13.6 Å². The molecule has 1 atom stereocenters. The van der Waals surface area contributed by atoms with E-state index in [0.29, 0.717) is 11.6 Å². The van der Waals surface area contributed by atoms with Gasteiger partial charge < -0.3 is 5.32 Å². The van der Waals surface area contributed by atoms with Crippen molar-refractivity contribution in [3.63, 3.8) is 0 Å². The zero-order chi connectivity index (χ0) is 16.1. The Morgan fingerprint density at radius 3 is 2.64 bits per heavy atom. The molecule has 4 nitrogen and oxygen atoms in total. The molecule has 0 radical (unpaired) electrons. The van der Waals surface area contributed by atoms with Crippen LogP contribution in [-0.4, -0.2) is 16.1 Å². The minimum absolute atomic E-state index is 0.122. The molecule has 1 unspecified atom stereocenters. The van der Waals surface area contributed by atoms with Gasteiger partial charge in [-0.2, -0.15) is 5.10 Å². The van der Waals surface area contributed by atoms with E-state index in [1.807, 2.05) is 6.92 Å². The lowest BCUT2D eigenvalue weighted by atomic mass is 9.82. The molecule has 0 aromatic carbocycles. The molecule has 1 aromatic heterocycles. The van der Waals surface area contributed by atoms with E-state index in [1.54, 1.807) is 6.92 Å². The molecule has 1 aromatic rings. The highest BCUT2D eigenvalue weighted by Gasteiger charge is 2.26. The first-order chi connectivity index (χ1) is 10.5. The predicted molar refractivity (Wildman–Crippen MR) is 81.9 cm³/mol. The van der Waals surface area contributed by atoms with Crippen LogP contribution in [0, 0.1) is 18.8 Å². The maximum atomic E-state index is 12.9. The minimum atomic E-state index is -2.70. The third kappa shape index (κ3) is 4.05. The number of nitrogens with zero attached hydrogens (tertiary/aromatic N) is 1. The summed E-state index contributed by atoms with van der Waals surface area (Å²) < 4.78 is 25.8. The van der Waals surface area contributed by atoms with Crippen molar-refractivity contribution < 1.29 is 13.6 Å². The lowest BCUT2D eigenvalue weighted by Gasteiger charge is -2.25. The van der Waals surface area contributed by atoms with Gasteiger partial charge in [0.15, 0.2) is 5.69 Å². The van der Waals surface area contributed by atoms with Gasteiger partial charge in [-0.3, -0.25) is 9.89 Å². The van der Waals surface area contributed by atoms with Gasteiger partial charge in [-0.25, -0.2) is 8.78 Å². The van der Waals surface area contributed by atoms with E-state index in [-0.39, 0.29) is 23.2 Å². The predicted octanol–water partition coefficient (Wildman–Crippen LogP) is 4.59.